The van der Waals surface area contributed by atoms with Crippen LogP contribution in [0, 0.1) is 23.7 Å². The summed E-state index contributed by atoms with van der Waals surface area (Å²) in [6, 6.07) is 7.14. The minimum absolute atomic E-state index is 0.0295. The van der Waals surface area contributed by atoms with Crippen LogP contribution in [0.2, 0.25) is 0 Å². The minimum atomic E-state index is -0.220. The first-order valence-corrected chi connectivity index (χ1v) is 7.51. The molecule has 0 bridgehead atoms. The number of fused-ring (bicyclic) bond motifs is 2. The number of nitrogens with one attached hydrogen (secondary N) is 1. The summed E-state index contributed by atoms with van der Waals surface area (Å²) < 4.78 is 3.17. The van der Waals surface area contributed by atoms with E-state index < -0.39 is 0 Å². The van der Waals surface area contributed by atoms with E-state index in [1.54, 1.807) is 16.8 Å². The number of aryl methyl sites for hydroxylation is 1. The van der Waals surface area contributed by atoms with Gasteiger partial charge in [0.25, 0.3) is 5.56 Å². The third kappa shape index (κ3) is 2.21. The number of hydrogen-bond donors (Lipinski definition) is 1. The first kappa shape index (κ1) is 15.0. The molecule has 1 N–H and O–H groups in total. The molecule has 3 rings (SSSR count). The van der Waals surface area contributed by atoms with E-state index in [0.29, 0.717) is 16.7 Å². The summed E-state index contributed by atoms with van der Waals surface area (Å²) in [5.41, 5.74) is 2.00. The smallest absolute Gasteiger partial charge is 0.267 e. The predicted molar refractivity (Wildman–Crippen MR) is 87.3 cm³/mol. The summed E-state index contributed by atoms with van der Waals surface area (Å²) in [4.78, 5) is 17.4. The number of hydrogen-bond acceptors (Lipinski definition) is 4. The molecule has 3 aromatic rings. The number of rotatable bonds is 2. The molecule has 1 atom stereocenters. The molecule has 0 spiro atoms. The van der Waals surface area contributed by atoms with Crippen molar-refractivity contribution in [3.63, 3.8) is 0 Å². The Labute approximate surface area is 132 Å². The van der Waals surface area contributed by atoms with Gasteiger partial charge in [0, 0.05) is 12.2 Å². The maximum Gasteiger partial charge on any atom is 0.267 e. The number of nitriles is 1. The lowest BCUT2D eigenvalue weighted by molar-refractivity contribution is 0.518. The molecule has 0 saturated heterocycles. The molecule has 0 amide bonds. The Bertz CT molecular complexity index is 1080. The van der Waals surface area contributed by atoms with Gasteiger partial charge in [0.1, 0.15) is 22.9 Å². The van der Waals surface area contributed by atoms with Gasteiger partial charge in [-0.05, 0) is 38.0 Å². The number of nitrogens with zero attached hydrogens (tertiary/aromatic N) is 4. The quantitative estimate of drug-likeness (QED) is 0.737. The highest BCUT2D eigenvalue weighted by Gasteiger charge is 2.16. The predicted octanol–water partition coefficient (Wildman–Crippen LogP) is 2.28. The molecule has 6 heteroatoms. The van der Waals surface area contributed by atoms with Gasteiger partial charge < -0.3 is 4.57 Å². The highest BCUT2D eigenvalue weighted by atomic mass is 16.1. The fourth-order valence-electron chi connectivity index (χ4n) is 2.70. The van der Waals surface area contributed by atoms with Gasteiger partial charge in [-0.2, -0.15) is 5.26 Å². The van der Waals surface area contributed by atoms with Crippen molar-refractivity contribution in [2.24, 2.45) is 0 Å². The van der Waals surface area contributed by atoms with Crippen LogP contribution >= 0.6 is 0 Å². The van der Waals surface area contributed by atoms with Gasteiger partial charge in [-0.3, -0.25) is 14.6 Å². The molecule has 0 aromatic carbocycles. The van der Waals surface area contributed by atoms with E-state index in [1.807, 2.05) is 32.9 Å². The summed E-state index contributed by atoms with van der Waals surface area (Å²) >= 11 is 0. The van der Waals surface area contributed by atoms with Crippen LogP contribution in [0.25, 0.3) is 16.7 Å². The van der Waals surface area contributed by atoms with Crippen LogP contribution in [-0.4, -0.2) is 14.0 Å². The molecule has 23 heavy (non-hydrogen) atoms. The van der Waals surface area contributed by atoms with Gasteiger partial charge in [0.05, 0.1) is 10.9 Å². The standard InChI is InChI=1S/C17H17N5O/c1-4-11(3)22-15(19)12(8-18)7-13-16(22)20-14-6-5-10(2)9-21(14)17(13)23/h5-7,9,11,19H,4H2,1-3H3/t11-/m1/s1. The van der Waals surface area contributed by atoms with E-state index in [9.17, 15) is 10.1 Å². The molecular weight excluding hydrogens is 290 g/mol. The van der Waals surface area contributed by atoms with Crippen LogP contribution < -0.4 is 11.0 Å². The third-order valence-electron chi connectivity index (χ3n) is 4.15. The summed E-state index contributed by atoms with van der Waals surface area (Å²) in [6.07, 6.45) is 2.51. The van der Waals surface area contributed by atoms with Crippen LogP contribution in [0.3, 0.4) is 0 Å². The highest BCUT2D eigenvalue weighted by molar-refractivity contribution is 5.77. The van der Waals surface area contributed by atoms with Crippen LogP contribution in [-0.2, 0) is 0 Å². The molecule has 0 aliphatic rings. The van der Waals surface area contributed by atoms with E-state index in [0.717, 1.165) is 12.0 Å². The molecule has 0 fully saturated rings. The Hall–Kier alpha value is -2.94. The van der Waals surface area contributed by atoms with Gasteiger partial charge in [-0.25, -0.2) is 4.98 Å². The molecule has 0 radical (unpaired) electrons. The molecule has 0 aliphatic heterocycles. The van der Waals surface area contributed by atoms with E-state index in [4.69, 9.17) is 5.41 Å². The van der Waals surface area contributed by atoms with Crippen molar-refractivity contribution in [2.45, 2.75) is 33.2 Å². The second-order valence-electron chi connectivity index (χ2n) is 5.73. The highest BCUT2D eigenvalue weighted by Crippen LogP contribution is 2.16. The lowest BCUT2D eigenvalue weighted by Crippen LogP contribution is -2.29. The largest absolute Gasteiger partial charge is 0.307 e. The van der Waals surface area contributed by atoms with Crippen LogP contribution in [0.1, 0.15) is 37.4 Å². The third-order valence-corrected chi connectivity index (χ3v) is 4.15. The van der Waals surface area contributed by atoms with E-state index >= 15 is 0 Å². The Balaban J connectivity index is 2.60. The first-order chi connectivity index (χ1) is 11.0. The van der Waals surface area contributed by atoms with E-state index in [2.05, 4.69) is 4.98 Å². The zero-order valence-electron chi connectivity index (χ0n) is 13.3. The maximum atomic E-state index is 12.8. The van der Waals surface area contributed by atoms with Gasteiger partial charge in [0.2, 0.25) is 0 Å². The van der Waals surface area contributed by atoms with E-state index in [1.165, 1.54) is 10.5 Å². The number of aromatic nitrogens is 3. The number of pyridine rings is 2. The summed E-state index contributed by atoms with van der Waals surface area (Å²) in [6.45, 7) is 5.86. The molecule has 0 saturated carbocycles. The van der Waals surface area contributed by atoms with Crippen LogP contribution in [0.15, 0.2) is 29.2 Å². The average Bonchev–Trinajstić information content (AvgIpc) is 2.55. The molecule has 0 aliphatic carbocycles. The zero-order chi connectivity index (χ0) is 16.7. The Morgan fingerprint density at radius 1 is 1.43 bits per heavy atom. The Kier molecular flexibility index (Phi) is 3.49. The fraction of sp³-hybridized carbons (Fsp3) is 0.294. The average molecular weight is 307 g/mol. The molecule has 6 nitrogen and oxygen atoms in total. The van der Waals surface area contributed by atoms with Crippen molar-refractivity contribution < 1.29 is 0 Å². The monoisotopic (exact) mass is 307 g/mol. The van der Waals surface area contributed by atoms with Gasteiger partial charge in [-0.1, -0.05) is 13.0 Å². The van der Waals surface area contributed by atoms with Gasteiger partial charge >= 0.3 is 0 Å². The second kappa shape index (κ2) is 5.36. The zero-order valence-corrected chi connectivity index (χ0v) is 13.3. The SMILES string of the molecule is CC[C@@H](C)n1c(=N)c(C#N)cc2c(=O)n3cc(C)ccc3nc21. The van der Waals surface area contributed by atoms with Crippen molar-refractivity contribution in [2.75, 3.05) is 0 Å². The van der Waals surface area contributed by atoms with Crippen molar-refractivity contribution in [1.82, 2.24) is 14.0 Å². The second-order valence-corrected chi connectivity index (χ2v) is 5.73. The summed E-state index contributed by atoms with van der Waals surface area (Å²) in [7, 11) is 0. The molecular formula is C17H17N5O. The fourth-order valence-corrected chi connectivity index (χ4v) is 2.70. The topological polar surface area (TPSA) is 86.9 Å². The van der Waals surface area contributed by atoms with Crippen molar-refractivity contribution in [3.8, 4) is 6.07 Å². The lowest BCUT2D eigenvalue weighted by atomic mass is 10.1. The van der Waals surface area contributed by atoms with Crippen LogP contribution in [0.4, 0.5) is 0 Å². The Morgan fingerprint density at radius 2 is 2.17 bits per heavy atom. The summed E-state index contributed by atoms with van der Waals surface area (Å²) in [5.74, 6) is 0. The van der Waals surface area contributed by atoms with Crippen molar-refractivity contribution in [3.05, 3.63) is 51.4 Å². The van der Waals surface area contributed by atoms with E-state index in [-0.39, 0.29) is 22.7 Å². The summed E-state index contributed by atoms with van der Waals surface area (Å²) in [5, 5.41) is 17.9. The normalized spacial score (nSPS) is 12.4. The van der Waals surface area contributed by atoms with Crippen molar-refractivity contribution in [1.29, 1.82) is 10.7 Å². The minimum Gasteiger partial charge on any atom is -0.307 e. The van der Waals surface area contributed by atoms with Crippen LogP contribution in [0.5, 0.6) is 0 Å². The first-order valence-electron chi connectivity index (χ1n) is 7.51. The Morgan fingerprint density at radius 3 is 2.83 bits per heavy atom. The lowest BCUT2D eigenvalue weighted by Gasteiger charge is -2.17. The molecule has 3 aromatic heterocycles. The molecule has 116 valence electrons. The van der Waals surface area contributed by atoms with Gasteiger partial charge in [0.15, 0.2) is 0 Å². The van der Waals surface area contributed by atoms with Crippen molar-refractivity contribution >= 4 is 16.7 Å². The van der Waals surface area contributed by atoms with Gasteiger partial charge in [-0.15, -0.1) is 0 Å². The maximum absolute atomic E-state index is 12.8. The molecule has 0 unspecified atom stereocenters. The molecule has 3 heterocycles.